The zero-order valence-corrected chi connectivity index (χ0v) is 24.6. The topological polar surface area (TPSA) is 66.3 Å². The maximum Gasteiger partial charge on any atom is 0.326 e. The number of carbonyl (C=O) groups excluding carboxylic acids is 1. The van der Waals surface area contributed by atoms with Gasteiger partial charge in [-0.05, 0) is 82.7 Å². The van der Waals surface area contributed by atoms with Crippen LogP contribution in [0, 0.1) is 20.8 Å². The zero-order valence-electron chi connectivity index (χ0n) is 23.8. The Morgan fingerprint density at radius 1 is 1.03 bits per heavy atom. The number of aryl methyl sites for hydroxylation is 3. The lowest BCUT2D eigenvalue weighted by atomic mass is 9.96. The smallest absolute Gasteiger partial charge is 0.312 e. The predicted octanol–water partition coefficient (Wildman–Crippen LogP) is 7.28. The number of halogens is 1. The number of nitrogens with one attached hydrogen (secondary N) is 1. The molecule has 1 aromatic heterocycles. The molecule has 2 fully saturated rings. The molecular weight excluding hydrogens is 508 g/mol. The van der Waals surface area contributed by atoms with Crippen molar-refractivity contribution in [2.24, 2.45) is 0 Å². The van der Waals surface area contributed by atoms with Gasteiger partial charge in [-0.1, -0.05) is 49.2 Å². The molecule has 39 heavy (non-hydrogen) atoms. The minimum atomic E-state index is -0.134. The molecule has 7 nitrogen and oxygen atoms in total. The Labute approximate surface area is 237 Å². The van der Waals surface area contributed by atoms with Crippen molar-refractivity contribution in [2.45, 2.75) is 90.8 Å². The van der Waals surface area contributed by atoms with Gasteiger partial charge in [-0.25, -0.2) is 4.79 Å². The first-order valence-electron chi connectivity index (χ1n) is 14.3. The second kappa shape index (κ2) is 11.7. The molecule has 0 aliphatic carbocycles. The molecule has 2 bridgehead atoms. The van der Waals surface area contributed by atoms with Crippen LogP contribution in [0.25, 0.3) is 0 Å². The van der Waals surface area contributed by atoms with Crippen LogP contribution in [0.2, 0.25) is 5.02 Å². The number of amides is 2. The molecule has 0 radical (unpaired) electrons. The van der Waals surface area contributed by atoms with E-state index in [0.29, 0.717) is 35.6 Å². The van der Waals surface area contributed by atoms with Gasteiger partial charge in [0.2, 0.25) is 0 Å². The number of nitrogens with zero attached hydrogens (tertiary/aromatic N) is 5. The Morgan fingerprint density at radius 2 is 1.72 bits per heavy atom. The van der Waals surface area contributed by atoms with Gasteiger partial charge in [-0.3, -0.25) is 9.80 Å². The molecule has 2 amide bonds. The number of benzene rings is 2. The van der Waals surface area contributed by atoms with Crippen LogP contribution in [0.3, 0.4) is 0 Å². The number of anilines is 2. The summed E-state index contributed by atoms with van der Waals surface area (Å²) in [6.45, 7) is 12.1. The van der Waals surface area contributed by atoms with E-state index in [-0.39, 0.29) is 6.03 Å². The van der Waals surface area contributed by atoms with Crippen LogP contribution in [0.4, 0.5) is 16.2 Å². The third-order valence-electron chi connectivity index (χ3n) is 8.45. The summed E-state index contributed by atoms with van der Waals surface area (Å²) >= 11 is 6.46. The number of carbonyl (C=O) groups is 1. The van der Waals surface area contributed by atoms with Crippen molar-refractivity contribution >= 4 is 29.0 Å². The molecule has 208 valence electrons. The second-order valence-electron chi connectivity index (χ2n) is 11.6. The number of hydrogen-bond acceptors (Lipinski definition) is 4. The average Bonchev–Trinajstić information content (AvgIpc) is 3.40. The van der Waals surface area contributed by atoms with Crippen molar-refractivity contribution < 1.29 is 4.79 Å². The summed E-state index contributed by atoms with van der Waals surface area (Å²) in [5, 5.41) is 12.6. The fourth-order valence-corrected chi connectivity index (χ4v) is 6.56. The normalized spacial score (nSPS) is 20.9. The summed E-state index contributed by atoms with van der Waals surface area (Å²) in [4.78, 5) is 18.0. The van der Waals surface area contributed by atoms with Gasteiger partial charge >= 0.3 is 6.03 Å². The number of urea groups is 1. The van der Waals surface area contributed by atoms with Gasteiger partial charge in [0.1, 0.15) is 11.6 Å². The summed E-state index contributed by atoms with van der Waals surface area (Å²) in [7, 11) is 0. The Hall–Kier alpha value is -2.90. The van der Waals surface area contributed by atoms with Crippen LogP contribution in [0.5, 0.6) is 0 Å². The highest BCUT2D eigenvalue weighted by atomic mass is 35.5. The van der Waals surface area contributed by atoms with Crippen LogP contribution in [0.1, 0.15) is 80.7 Å². The van der Waals surface area contributed by atoms with E-state index in [2.05, 4.69) is 45.8 Å². The van der Waals surface area contributed by atoms with Crippen LogP contribution in [-0.2, 0) is 0 Å². The van der Waals surface area contributed by atoms with Crippen molar-refractivity contribution in [3.8, 4) is 0 Å². The lowest BCUT2D eigenvalue weighted by Crippen LogP contribution is -2.45. The van der Waals surface area contributed by atoms with E-state index in [1.54, 1.807) is 0 Å². The van der Waals surface area contributed by atoms with E-state index < -0.39 is 0 Å². The van der Waals surface area contributed by atoms with Crippen LogP contribution in [-0.4, -0.2) is 50.9 Å². The largest absolute Gasteiger partial charge is 0.326 e. The predicted molar refractivity (Wildman–Crippen MR) is 159 cm³/mol. The quantitative estimate of drug-likeness (QED) is 0.321. The molecule has 2 aliphatic heterocycles. The van der Waals surface area contributed by atoms with Gasteiger partial charge in [-0.15, -0.1) is 10.2 Å². The van der Waals surface area contributed by atoms with Gasteiger partial charge in [0.25, 0.3) is 0 Å². The highest BCUT2D eigenvalue weighted by Gasteiger charge is 2.42. The Kier molecular flexibility index (Phi) is 8.29. The lowest BCUT2D eigenvalue weighted by Gasteiger charge is -2.40. The van der Waals surface area contributed by atoms with Gasteiger partial charge in [0, 0.05) is 53.5 Å². The van der Waals surface area contributed by atoms with E-state index in [1.807, 2.05) is 61.2 Å². The average molecular weight is 549 g/mol. The molecule has 2 aromatic carbocycles. The Bertz CT molecular complexity index is 1290. The van der Waals surface area contributed by atoms with Crippen molar-refractivity contribution in [1.82, 2.24) is 19.7 Å². The SMILES string of the molecule is Cc1ccc(NC(=O)N(CCCN2[C@@H]3CC[C@H]2CC(n2c(C)nnc2C(C)C)C3)c2ccc(C)c(Cl)c2)cc1. The summed E-state index contributed by atoms with van der Waals surface area (Å²) in [6.07, 6.45) is 5.66. The van der Waals surface area contributed by atoms with Crippen molar-refractivity contribution in [3.63, 3.8) is 0 Å². The van der Waals surface area contributed by atoms with Crippen LogP contribution in [0.15, 0.2) is 42.5 Å². The molecule has 5 rings (SSSR count). The third kappa shape index (κ3) is 5.99. The van der Waals surface area contributed by atoms with E-state index in [0.717, 1.165) is 60.0 Å². The monoisotopic (exact) mass is 548 g/mol. The fraction of sp³-hybridized carbons (Fsp3) is 0.516. The third-order valence-corrected chi connectivity index (χ3v) is 8.85. The molecule has 2 aliphatic rings. The first kappa shape index (κ1) is 27.7. The zero-order chi connectivity index (χ0) is 27.7. The maximum atomic E-state index is 13.5. The first-order valence-corrected chi connectivity index (χ1v) is 14.7. The van der Waals surface area contributed by atoms with Crippen molar-refractivity contribution in [3.05, 3.63) is 70.3 Å². The Morgan fingerprint density at radius 3 is 2.36 bits per heavy atom. The molecule has 0 saturated carbocycles. The number of piperidine rings is 1. The highest BCUT2D eigenvalue weighted by molar-refractivity contribution is 6.31. The fourth-order valence-electron chi connectivity index (χ4n) is 6.39. The van der Waals surface area contributed by atoms with Crippen molar-refractivity contribution in [2.75, 3.05) is 23.3 Å². The second-order valence-corrected chi connectivity index (χ2v) is 12.0. The van der Waals surface area contributed by atoms with E-state index in [9.17, 15) is 4.79 Å². The highest BCUT2D eigenvalue weighted by Crippen LogP contribution is 2.42. The molecule has 3 atom stereocenters. The standard InChI is InChI=1S/C31H41ClN6O/c1-20(2)30-35-34-23(5)38(30)28-17-25-13-14-26(18-28)36(25)15-6-16-37(27-12-9-22(4)29(32)19-27)31(39)33-24-10-7-21(3)8-11-24/h7-12,19-20,25-26,28H,6,13-18H2,1-5H3,(H,33,39)/t25-,26+,28?. The van der Waals surface area contributed by atoms with Gasteiger partial charge in [-0.2, -0.15) is 0 Å². The van der Waals surface area contributed by atoms with Gasteiger partial charge in [0.05, 0.1) is 0 Å². The van der Waals surface area contributed by atoms with E-state index in [4.69, 9.17) is 11.6 Å². The molecule has 3 heterocycles. The molecule has 8 heteroatoms. The summed E-state index contributed by atoms with van der Waals surface area (Å²) in [6, 6.07) is 15.2. The lowest BCUT2D eigenvalue weighted by molar-refractivity contribution is 0.104. The summed E-state index contributed by atoms with van der Waals surface area (Å²) in [5.41, 5.74) is 3.77. The van der Waals surface area contributed by atoms with E-state index in [1.165, 1.54) is 12.8 Å². The molecular formula is C31H41ClN6O. The minimum absolute atomic E-state index is 0.134. The maximum absolute atomic E-state index is 13.5. The van der Waals surface area contributed by atoms with Gasteiger partial charge < -0.3 is 9.88 Å². The number of hydrogen-bond donors (Lipinski definition) is 1. The number of fused-ring (bicyclic) bond motifs is 2. The molecule has 1 N–H and O–H groups in total. The first-order chi connectivity index (χ1) is 18.7. The molecule has 3 aromatic rings. The van der Waals surface area contributed by atoms with Gasteiger partial charge in [0.15, 0.2) is 0 Å². The number of rotatable bonds is 8. The molecule has 1 unspecified atom stereocenters. The van der Waals surface area contributed by atoms with Crippen LogP contribution < -0.4 is 10.2 Å². The Balaban J connectivity index is 1.26. The molecule has 2 saturated heterocycles. The van der Waals surface area contributed by atoms with E-state index >= 15 is 0 Å². The summed E-state index contributed by atoms with van der Waals surface area (Å²) < 4.78 is 2.41. The van der Waals surface area contributed by atoms with Crippen LogP contribution >= 0.6 is 11.6 Å². The number of aromatic nitrogens is 3. The minimum Gasteiger partial charge on any atom is -0.312 e. The molecule has 0 spiro atoms. The van der Waals surface area contributed by atoms with Crippen molar-refractivity contribution in [1.29, 1.82) is 0 Å². The summed E-state index contributed by atoms with van der Waals surface area (Å²) in [5.74, 6) is 2.51.